The molecule has 1 amide bonds. The third kappa shape index (κ3) is 4.59. The fourth-order valence-corrected chi connectivity index (χ4v) is 2.20. The molecule has 114 valence electrons. The summed E-state index contributed by atoms with van der Waals surface area (Å²) in [5.41, 5.74) is 4.73. The van der Waals surface area contributed by atoms with Crippen molar-refractivity contribution in [2.75, 3.05) is 7.05 Å². The maximum absolute atomic E-state index is 12.1. The second kappa shape index (κ2) is 7.60. The van der Waals surface area contributed by atoms with E-state index in [2.05, 4.69) is 38.1 Å². The van der Waals surface area contributed by atoms with E-state index in [0.717, 1.165) is 17.5 Å². The Morgan fingerprint density at radius 2 is 1.59 bits per heavy atom. The molecule has 0 heterocycles. The van der Waals surface area contributed by atoms with Crippen LogP contribution < -0.4 is 0 Å². The molecule has 2 rings (SSSR count). The predicted molar refractivity (Wildman–Crippen MR) is 92.5 cm³/mol. The van der Waals surface area contributed by atoms with Crippen molar-refractivity contribution in [1.82, 2.24) is 4.90 Å². The smallest absolute Gasteiger partial charge is 0.246 e. The van der Waals surface area contributed by atoms with Crippen molar-refractivity contribution >= 4 is 12.0 Å². The molecule has 0 N–H and O–H groups in total. The van der Waals surface area contributed by atoms with Crippen LogP contribution in [0.15, 0.2) is 54.6 Å². The Bertz CT molecular complexity index is 638. The molecule has 0 bridgehead atoms. The maximum Gasteiger partial charge on any atom is 0.246 e. The normalized spacial score (nSPS) is 10.9. The van der Waals surface area contributed by atoms with Gasteiger partial charge in [0.2, 0.25) is 5.91 Å². The second-order valence-corrected chi connectivity index (χ2v) is 5.61. The number of amides is 1. The van der Waals surface area contributed by atoms with Crippen molar-refractivity contribution in [3.63, 3.8) is 0 Å². The number of rotatable bonds is 5. The van der Waals surface area contributed by atoms with Crippen molar-refractivity contribution in [1.29, 1.82) is 0 Å². The molecule has 2 aromatic carbocycles. The summed E-state index contributed by atoms with van der Waals surface area (Å²) < 4.78 is 0. The van der Waals surface area contributed by atoms with Crippen molar-refractivity contribution in [2.24, 2.45) is 0 Å². The Labute approximate surface area is 133 Å². The zero-order valence-corrected chi connectivity index (χ0v) is 13.5. The van der Waals surface area contributed by atoms with E-state index in [1.54, 1.807) is 11.0 Å². The van der Waals surface area contributed by atoms with Gasteiger partial charge >= 0.3 is 0 Å². The molecular formula is C20H23NO. The summed E-state index contributed by atoms with van der Waals surface area (Å²) in [4.78, 5) is 13.9. The average molecular weight is 293 g/mol. The summed E-state index contributed by atoms with van der Waals surface area (Å²) in [7, 11) is 1.83. The molecule has 22 heavy (non-hydrogen) atoms. The van der Waals surface area contributed by atoms with Crippen LogP contribution in [0.1, 0.15) is 29.2 Å². The number of nitrogens with zero attached hydrogens (tertiary/aromatic N) is 1. The topological polar surface area (TPSA) is 20.3 Å². The van der Waals surface area contributed by atoms with E-state index in [4.69, 9.17) is 0 Å². The third-order valence-corrected chi connectivity index (χ3v) is 3.72. The van der Waals surface area contributed by atoms with Crippen LogP contribution in [0, 0.1) is 6.92 Å². The van der Waals surface area contributed by atoms with E-state index < -0.39 is 0 Å². The van der Waals surface area contributed by atoms with Gasteiger partial charge in [-0.2, -0.15) is 0 Å². The number of benzene rings is 2. The van der Waals surface area contributed by atoms with Crippen LogP contribution in [0.5, 0.6) is 0 Å². The lowest BCUT2D eigenvalue weighted by molar-refractivity contribution is -0.125. The SMILES string of the molecule is CCc1ccc(CN(C)C(=O)/C=C/c2ccc(C)cc2)cc1. The summed E-state index contributed by atoms with van der Waals surface area (Å²) >= 11 is 0. The first-order valence-electron chi connectivity index (χ1n) is 7.66. The fourth-order valence-electron chi connectivity index (χ4n) is 2.20. The van der Waals surface area contributed by atoms with Crippen LogP contribution in [0.25, 0.3) is 6.08 Å². The Morgan fingerprint density at radius 3 is 2.18 bits per heavy atom. The monoisotopic (exact) mass is 293 g/mol. The van der Waals surface area contributed by atoms with E-state index in [1.165, 1.54) is 11.1 Å². The fraction of sp³-hybridized carbons (Fsp3) is 0.250. The van der Waals surface area contributed by atoms with Gasteiger partial charge in [0.15, 0.2) is 0 Å². The minimum atomic E-state index is 0.0140. The molecule has 0 aromatic heterocycles. The minimum Gasteiger partial charge on any atom is -0.338 e. The lowest BCUT2D eigenvalue weighted by Gasteiger charge is -2.15. The highest BCUT2D eigenvalue weighted by Crippen LogP contribution is 2.09. The van der Waals surface area contributed by atoms with Gasteiger partial charge in [-0.25, -0.2) is 0 Å². The molecular weight excluding hydrogens is 270 g/mol. The first-order valence-corrected chi connectivity index (χ1v) is 7.66. The number of hydrogen-bond acceptors (Lipinski definition) is 1. The van der Waals surface area contributed by atoms with E-state index >= 15 is 0 Å². The lowest BCUT2D eigenvalue weighted by atomic mass is 10.1. The van der Waals surface area contributed by atoms with Gasteiger partial charge in [-0.05, 0) is 36.1 Å². The van der Waals surface area contributed by atoms with Gasteiger partial charge in [0.25, 0.3) is 0 Å². The zero-order valence-electron chi connectivity index (χ0n) is 13.5. The standard InChI is InChI=1S/C20H23NO/c1-4-17-9-11-19(12-10-17)15-21(3)20(22)14-13-18-7-5-16(2)6-8-18/h5-14H,4,15H2,1-3H3/b14-13+. The van der Waals surface area contributed by atoms with Crippen molar-refractivity contribution < 1.29 is 4.79 Å². The first kappa shape index (κ1) is 16.0. The number of carbonyl (C=O) groups is 1. The third-order valence-electron chi connectivity index (χ3n) is 3.72. The van der Waals surface area contributed by atoms with Crippen LogP contribution in [0.2, 0.25) is 0 Å². The van der Waals surface area contributed by atoms with Crippen molar-refractivity contribution in [3.05, 3.63) is 76.9 Å². The van der Waals surface area contributed by atoms with Crippen LogP contribution in [0.4, 0.5) is 0 Å². The van der Waals surface area contributed by atoms with Gasteiger partial charge in [0, 0.05) is 19.7 Å². The van der Waals surface area contributed by atoms with Gasteiger partial charge in [-0.15, -0.1) is 0 Å². The highest BCUT2D eigenvalue weighted by Gasteiger charge is 2.05. The summed E-state index contributed by atoms with van der Waals surface area (Å²) in [6.45, 7) is 4.82. The molecule has 0 atom stereocenters. The average Bonchev–Trinajstić information content (AvgIpc) is 2.54. The van der Waals surface area contributed by atoms with Gasteiger partial charge < -0.3 is 4.90 Å². The van der Waals surface area contributed by atoms with Crippen LogP contribution in [-0.4, -0.2) is 17.9 Å². The summed E-state index contributed by atoms with van der Waals surface area (Å²) in [5, 5.41) is 0. The summed E-state index contributed by atoms with van der Waals surface area (Å²) in [6, 6.07) is 16.5. The minimum absolute atomic E-state index is 0.0140. The number of likely N-dealkylation sites (N-methyl/N-ethyl adjacent to an activating group) is 1. The van der Waals surface area contributed by atoms with Crippen LogP contribution >= 0.6 is 0 Å². The molecule has 0 aliphatic heterocycles. The molecule has 2 heteroatoms. The van der Waals surface area contributed by atoms with E-state index in [0.29, 0.717) is 6.54 Å². The van der Waals surface area contributed by atoms with Gasteiger partial charge in [0.05, 0.1) is 0 Å². The highest BCUT2D eigenvalue weighted by molar-refractivity contribution is 5.91. The Morgan fingerprint density at radius 1 is 1.00 bits per heavy atom. The van der Waals surface area contributed by atoms with E-state index in [1.807, 2.05) is 37.4 Å². The Balaban J connectivity index is 1.94. The summed E-state index contributed by atoms with van der Waals surface area (Å²) in [5.74, 6) is 0.0140. The second-order valence-electron chi connectivity index (χ2n) is 5.61. The Kier molecular flexibility index (Phi) is 5.54. The number of aryl methyl sites for hydroxylation is 2. The molecule has 0 aliphatic carbocycles. The molecule has 0 radical (unpaired) electrons. The number of carbonyl (C=O) groups excluding carboxylic acids is 1. The van der Waals surface area contributed by atoms with Crippen LogP contribution in [0.3, 0.4) is 0 Å². The van der Waals surface area contributed by atoms with Crippen molar-refractivity contribution in [3.8, 4) is 0 Å². The van der Waals surface area contributed by atoms with E-state index in [-0.39, 0.29) is 5.91 Å². The predicted octanol–water partition coefficient (Wildman–Crippen LogP) is 4.23. The first-order chi connectivity index (χ1) is 10.6. The number of hydrogen-bond donors (Lipinski definition) is 0. The largest absolute Gasteiger partial charge is 0.338 e. The molecule has 0 spiro atoms. The molecule has 0 aliphatic rings. The molecule has 0 fully saturated rings. The quantitative estimate of drug-likeness (QED) is 0.755. The molecule has 0 saturated heterocycles. The zero-order chi connectivity index (χ0) is 15.9. The molecule has 0 saturated carbocycles. The highest BCUT2D eigenvalue weighted by atomic mass is 16.2. The molecule has 2 nitrogen and oxygen atoms in total. The van der Waals surface area contributed by atoms with Gasteiger partial charge in [-0.3, -0.25) is 4.79 Å². The van der Waals surface area contributed by atoms with E-state index in [9.17, 15) is 4.79 Å². The molecule has 0 unspecified atom stereocenters. The van der Waals surface area contributed by atoms with Crippen LogP contribution in [-0.2, 0) is 17.8 Å². The molecule has 2 aromatic rings. The van der Waals surface area contributed by atoms with Crippen molar-refractivity contribution in [2.45, 2.75) is 26.8 Å². The van der Waals surface area contributed by atoms with Gasteiger partial charge in [0.1, 0.15) is 0 Å². The van der Waals surface area contributed by atoms with Gasteiger partial charge in [-0.1, -0.05) is 61.0 Å². The summed E-state index contributed by atoms with van der Waals surface area (Å²) in [6.07, 6.45) is 4.53. The maximum atomic E-state index is 12.1. The Hall–Kier alpha value is -2.35. The lowest BCUT2D eigenvalue weighted by Crippen LogP contribution is -2.24.